The minimum atomic E-state index is -4.00. The summed E-state index contributed by atoms with van der Waals surface area (Å²) >= 11 is 6.59. The van der Waals surface area contributed by atoms with Crippen LogP contribution in [0.4, 0.5) is 5.69 Å². The number of anilines is 1. The molecule has 0 saturated heterocycles. The lowest BCUT2D eigenvalue weighted by Crippen LogP contribution is -2.12. The normalized spacial score (nSPS) is 11.3. The molecule has 0 aliphatic carbocycles. The third kappa shape index (κ3) is 3.29. The van der Waals surface area contributed by atoms with Gasteiger partial charge in [0.1, 0.15) is 9.96 Å². The number of aromatic carboxylic acids is 1. The van der Waals surface area contributed by atoms with Crippen LogP contribution in [0.1, 0.15) is 15.9 Å². The van der Waals surface area contributed by atoms with Gasteiger partial charge < -0.3 is 10.2 Å². The van der Waals surface area contributed by atoms with E-state index in [4.69, 9.17) is 16.7 Å². The fourth-order valence-corrected chi connectivity index (χ4v) is 4.06. The van der Waals surface area contributed by atoms with E-state index in [0.717, 1.165) is 17.4 Å². The summed E-state index contributed by atoms with van der Waals surface area (Å²) < 4.78 is 26.4. The Balaban J connectivity index is 2.39. The number of sulfonamides is 1. The number of aryl methyl sites for hydroxylation is 1. The molecule has 21 heavy (non-hydrogen) atoms. The molecule has 9 heteroatoms. The minimum Gasteiger partial charge on any atom is -0.505 e. The molecule has 0 bridgehead atoms. The number of thiophene rings is 1. The van der Waals surface area contributed by atoms with Gasteiger partial charge in [0.05, 0.1) is 11.3 Å². The Morgan fingerprint density at radius 2 is 2.00 bits per heavy atom. The Hall–Kier alpha value is -1.77. The van der Waals surface area contributed by atoms with Crippen molar-refractivity contribution in [3.63, 3.8) is 0 Å². The number of benzene rings is 1. The standard InChI is InChI=1S/C12H10ClNO5S2/c1-6-2-8(13)4-9(11(6)15)14-21(18,19)10-3-7(5-20-10)12(16)17/h2-5,14-15H,1H3,(H,16,17). The summed E-state index contributed by atoms with van der Waals surface area (Å²) in [5.74, 6) is -1.45. The van der Waals surface area contributed by atoms with Crippen LogP contribution in [-0.2, 0) is 10.0 Å². The molecule has 2 aromatic rings. The maximum absolute atomic E-state index is 12.2. The second kappa shape index (κ2) is 5.55. The highest BCUT2D eigenvalue weighted by molar-refractivity contribution is 7.94. The Labute approximate surface area is 129 Å². The van der Waals surface area contributed by atoms with Gasteiger partial charge in [0, 0.05) is 10.4 Å². The lowest BCUT2D eigenvalue weighted by molar-refractivity contribution is 0.0697. The first-order chi connectivity index (χ1) is 9.70. The van der Waals surface area contributed by atoms with Crippen molar-refractivity contribution in [3.8, 4) is 5.75 Å². The van der Waals surface area contributed by atoms with Crippen molar-refractivity contribution in [2.75, 3.05) is 4.72 Å². The molecule has 2 rings (SSSR count). The number of halogens is 1. The van der Waals surface area contributed by atoms with Gasteiger partial charge in [0.2, 0.25) is 0 Å². The highest BCUT2D eigenvalue weighted by Gasteiger charge is 2.21. The van der Waals surface area contributed by atoms with Crippen LogP contribution in [0.15, 0.2) is 27.8 Å². The predicted octanol–water partition coefficient (Wildman–Crippen LogP) is 2.91. The average Bonchev–Trinajstić information content (AvgIpc) is 2.85. The second-order valence-electron chi connectivity index (χ2n) is 4.18. The van der Waals surface area contributed by atoms with Crippen molar-refractivity contribution < 1.29 is 23.4 Å². The van der Waals surface area contributed by atoms with Gasteiger partial charge in [-0.25, -0.2) is 13.2 Å². The zero-order chi connectivity index (χ0) is 15.8. The van der Waals surface area contributed by atoms with Crippen molar-refractivity contribution in [1.82, 2.24) is 0 Å². The number of aromatic hydroxyl groups is 1. The summed E-state index contributed by atoms with van der Waals surface area (Å²) in [5.41, 5.74) is 0.231. The largest absolute Gasteiger partial charge is 0.505 e. The monoisotopic (exact) mass is 347 g/mol. The van der Waals surface area contributed by atoms with Crippen LogP contribution in [-0.4, -0.2) is 24.6 Å². The molecule has 0 atom stereocenters. The third-order valence-corrected chi connectivity index (χ3v) is 5.62. The quantitative estimate of drug-likeness (QED) is 0.738. The van der Waals surface area contributed by atoms with Crippen LogP contribution in [0.25, 0.3) is 0 Å². The Bertz CT molecular complexity index is 813. The van der Waals surface area contributed by atoms with Gasteiger partial charge >= 0.3 is 5.97 Å². The summed E-state index contributed by atoms with van der Waals surface area (Å²) in [5, 5.41) is 20.1. The van der Waals surface area contributed by atoms with E-state index in [1.54, 1.807) is 6.92 Å². The number of nitrogens with one attached hydrogen (secondary N) is 1. The molecular weight excluding hydrogens is 338 g/mol. The Morgan fingerprint density at radius 3 is 2.57 bits per heavy atom. The highest BCUT2D eigenvalue weighted by Crippen LogP contribution is 2.33. The number of phenolic OH excluding ortho intramolecular Hbond substituents is 1. The van der Waals surface area contributed by atoms with Crippen molar-refractivity contribution in [3.05, 3.63) is 39.7 Å². The number of hydrogen-bond donors (Lipinski definition) is 3. The SMILES string of the molecule is Cc1cc(Cl)cc(NS(=O)(=O)c2cc(C(=O)O)cs2)c1O. The zero-order valence-electron chi connectivity index (χ0n) is 10.6. The average molecular weight is 348 g/mol. The van der Waals surface area contributed by atoms with Gasteiger partial charge in [0.15, 0.2) is 0 Å². The van der Waals surface area contributed by atoms with Crippen LogP contribution in [0.2, 0.25) is 5.02 Å². The predicted molar refractivity (Wildman–Crippen MR) is 79.9 cm³/mol. The van der Waals surface area contributed by atoms with Gasteiger partial charge in [0.25, 0.3) is 10.0 Å². The van der Waals surface area contributed by atoms with E-state index in [1.165, 1.54) is 17.5 Å². The molecule has 0 amide bonds. The number of phenols is 1. The molecule has 0 aliphatic rings. The van der Waals surface area contributed by atoms with E-state index in [-0.39, 0.29) is 26.2 Å². The van der Waals surface area contributed by atoms with Crippen LogP contribution in [0, 0.1) is 6.92 Å². The molecule has 0 saturated carbocycles. The van der Waals surface area contributed by atoms with Gasteiger partial charge in [-0.15, -0.1) is 11.3 Å². The van der Waals surface area contributed by atoms with Crippen LogP contribution >= 0.6 is 22.9 Å². The van der Waals surface area contributed by atoms with E-state index >= 15 is 0 Å². The number of carboxylic acid groups (broad SMARTS) is 1. The molecule has 0 fully saturated rings. The second-order valence-corrected chi connectivity index (χ2v) is 7.44. The number of carbonyl (C=O) groups is 1. The smallest absolute Gasteiger partial charge is 0.336 e. The van der Waals surface area contributed by atoms with Crippen molar-refractivity contribution in [2.45, 2.75) is 11.1 Å². The first kappa shape index (κ1) is 15.6. The minimum absolute atomic E-state index is 0.0646. The summed E-state index contributed by atoms with van der Waals surface area (Å²) in [6.45, 7) is 1.58. The Kier molecular flexibility index (Phi) is 4.13. The molecule has 0 aliphatic heterocycles. The van der Waals surface area contributed by atoms with Crippen molar-refractivity contribution >= 4 is 44.6 Å². The van der Waals surface area contributed by atoms with Crippen molar-refractivity contribution in [1.29, 1.82) is 0 Å². The van der Waals surface area contributed by atoms with Gasteiger partial charge in [-0.3, -0.25) is 4.72 Å². The molecule has 1 aromatic heterocycles. The maximum Gasteiger partial charge on any atom is 0.336 e. The first-order valence-electron chi connectivity index (χ1n) is 5.54. The summed E-state index contributed by atoms with van der Waals surface area (Å²) in [4.78, 5) is 10.8. The molecule has 6 nitrogen and oxygen atoms in total. The zero-order valence-corrected chi connectivity index (χ0v) is 13.0. The molecule has 112 valence electrons. The maximum atomic E-state index is 12.2. The third-order valence-electron chi connectivity index (χ3n) is 2.60. The van der Waals surface area contributed by atoms with E-state index < -0.39 is 16.0 Å². The van der Waals surface area contributed by atoms with Gasteiger partial charge in [-0.1, -0.05) is 11.6 Å². The van der Waals surface area contributed by atoms with E-state index in [2.05, 4.69) is 4.72 Å². The first-order valence-corrected chi connectivity index (χ1v) is 8.28. The Morgan fingerprint density at radius 1 is 1.33 bits per heavy atom. The topological polar surface area (TPSA) is 104 Å². The molecule has 1 heterocycles. The molecule has 0 unspecified atom stereocenters. The number of carboxylic acids is 1. The lowest BCUT2D eigenvalue weighted by Gasteiger charge is -2.10. The summed E-state index contributed by atoms with van der Waals surface area (Å²) in [6.07, 6.45) is 0. The van der Waals surface area contributed by atoms with Gasteiger partial charge in [-0.2, -0.15) is 0 Å². The van der Waals surface area contributed by atoms with Crippen LogP contribution in [0.3, 0.4) is 0 Å². The highest BCUT2D eigenvalue weighted by atomic mass is 35.5. The molecular formula is C12H10ClNO5S2. The van der Waals surface area contributed by atoms with Crippen LogP contribution in [0.5, 0.6) is 5.75 Å². The summed E-state index contributed by atoms with van der Waals surface area (Å²) in [7, 11) is -4.00. The van der Waals surface area contributed by atoms with E-state index in [1.807, 2.05) is 0 Å². The summed E-state index contributed by atoms with van der Waals surface area (Å²) in [6, 6.07) is 3.80. The molecule has 3 N–H and O–H groups in total. The number of hydrogen-bond acceptors (Lipinski definition) is 5. The lowest BCUT2D eigenvalue weighted by atomic mass is 10.2. The van der Waals surface area contributed by atoms with Gasteiger partial charge in [-0.05, 0) is 30.7 Å². The fourth-order valence-electron chi connectivity index (χ4n) is 1.58. The molecule has 0 radical (unpaired) electrons. The van der Waals surface area contributed by atoms with E-state index in [9.17, 15) is 18.3 Å². The van der Waals surface area contributed by atoms with Crippen LogP contribution < -0.4 is 4.72 Å². The fraction of sp³-hybridized carbons (Fsp3) is 0.0833. The van der Waals surface area contributed by atoms with E-state index in [0.29, 0.717) is 5.56 Å². The molecule has 1 aromatic carbocycles. The van der Waals surface area contributed by atoms with Crippen molar-refractivity contribution in [2.24, 2.45) is 0 Å². The molecule has 0 spiro atoms. The number of rotatable bonds is 4.